The highest BCUT2D eigenvalue weighted by molar-refractivity contribution is 7.84. The molecule has 0 saturated carbocycles. The summed E-state index contributed by atoms with van der Waals surface area (Å²) in [6.07, 6.45) is -4.55. The monoisotopic (exact) mass is 592 g/mol. The zero-order valence-electron chi connectivity index (χ0n) is 21.5. The fraction of sp³-hybridized carbons (Fsp3) is 0.143. The van der Waals surface area contributed by atoms with E-state index in [1.54, 1.807) is 42.5 Å². The number of allylic oxidation sites excluding steroid dienone is 1. The molecular weight excluding hydrogens is 570 g/mol. The molecule has 4 rings (SSSR count). The largest absolute Gasteiger partial charge is 0.573 e. The van der Waals surface area contributed by atoms with Crippen LogP contribution in [0.1, 0.15) is 17.1 Å². The number of ether oxygens (including phenoxy) is 1. The van der Waals surface area contributed by atoms with Crippen LogP contribution < -0.4 is 10.5 Å². The predicted molar refractivity (Wildman–Crippen MR) is 144 cm³/mol. The topological polar surface area (TPSA) is 82.5 Å². The molecule has 41 heavy (non-hydrogen) atoms. The fourth-order valence-electron chi connectivity index (χ4n) is 3.98. The van der Waals surface area contributed by atoms with Gasteiger partial charge in [0.1, 0.15) is 11.6 Å². The first-order valence-corrected chi connectivity index (χ1v) is 13.4. The Labute approximate surface area is 233 Å². The normalized spacial score (nSPS) is 13.5. The van der Waals surface area contributed by atoms with Crippen LogP contribution in [0.2, 0.25) is 0 Å². The van der Waals surface area contributed by atoms with E-state index >= 15 is 0 Å². The third-order valence-corrected chi connectivity index (χ3v) is 6.70. The van der Waals surface area contributed by atoms with Crippen LogP contribution in [-0.4, -0.2) is 32.1 Å². The van der Waals surface area contributed by atoms with Crippen molar-refractivity contribution >= 4 is 22.2 Å². The number of hydrogen-bond acceptors (Lipinski definition) is 5. The number of aromatic nitrogens is 2. The summed E-state index contributed by atoms with van der Waals surface area (Å²) in [5, 5.41) is 0. The number of aliphatic imine (C=N–C) groups is 1. The van der Waals surface area contributed by atoms with Gasteiger partial charge in [0.15, 0.2) is 5.69 Å². The second kappa shape index (κ2) is 11.6. The molecule has 214 valence electrons. The van der Waals surface area contributed by atoms with Gasteiger partial charge in [-0.25, -0.2) is 9.98 Å². The van der Waals surface area contributed by atoms with Crippen LogP contribution in [0.25, 0.3) is 16.8 Å². The Hall–Kier alpha value is -4.39. The van der Waals surface area contributed by atoms with Crippen LogP contribution in [0.15, 0.2) is 95.1 Å². The number of imidazole rings is 1. The quantitative estimate of drug-likeness (QED) is 0.183. The summed E-state index contributed by atoms with van der Waals surface area (Å²) in [5.74, 6) is -0.392. The minimum Gasteiger partial charge on any atom is -0.406 e. The molecule has 4 aromatic rings. The van der Waals surface area contributed by atoms with E-state index in [4.69, 9.17) is 5.73 Å². The molecule has 1 unspecified atom stereocenters. The van der Waals surface area contributed by atoms with Crippen molar-refractivity contribution in [1.29, 1.82) is 0 Å². The molecule has 6 nitrogen and oxygen atoms in total. The maximum Gasteiger partial charge on any atom is 0.573 e. The number of alkyl halides is 6. The van der Waals surface area contributed by atoms with Gasteiger partial charge in [0.05, 0.1) is 17.1 Å². The minimum absolute atomic E-state index is 0.0550. The molecular formula is C28H22F6N4O2S. The molecule has 13 heteroatoms. The molecule has 0 spiro atoms. The molecule has 2 N–H and O–H groups in total. The molecule has 3 aromatic carbocycles. The van der Waals surface area contributed by atoms with E-state index < -0.39 is 34.8 Å². The van der Waals surface area contributed by atoms with Gasteiger partial charge < -0.3 is 15.0 Å². The van der Waals surface area contributed by atoms with E-state index in [-0.39, 0.29) is 17.2 Å². The van der Waals surface area contributed by atoms with Crippen LogP contribution in [0.4, 0.5) is 32.0 Å². The number of nitrogens with two attached hydrogens (primary N) is 1. The molecule has 0 aliphatic rings. The minimum atomic E-state index is -4.87. The maximum absolute atomic E-state index is 13.5. The first kappa shape index (κ1) is 29.6. The lowest BCUT2D eigenvalue weighted by Crippen LogP contribution is -2.16. The van der Waals surface area contributed by atoms with Crippen molar-refractivity contribution in [3.8, 4) is 22.6 Å². The zero-order valence-corrected chi connectivity index (χ0v) is 22.3. The number of aryl methyl sites for hydroxylation is 1. The smallest absolute Gasteiger partial charge is 0.406 e. The zero-order chi connectivity index (χ0) is 29.9. The highest BCUT2D eigenvalue weighted by Crippen LogP contribution is 2.33. The third kappa shape index (κ3) is 7.23. The van der Waals surface area contributed by atoms with Crippen molar-refractivity contribution in [3.05, 3.63) is 102 Å². The van der Waals surface area contributed by atoms with E-state index in [1.807, 2.05) is 0 Å². The lowest BCUT2D eigenvalue weighted by molar-refractivity contribution is -0.274. The van der Waals surface area contributed by atoms with Crippen LogP contribution in [0.3, 0.4) is 0 Å². The van der Waals surface area contributed by atoms with E-state index in [0.29, 0.717) is 27.3 Å². The Morgan fingerprint density at radius 1 is 1.00 bits per heavy atom. The summed E-state index contributed by atoms with van der Waals surface area (Å²) in [5.41, 5.74) is 6.99. The summed E-state index contributed by atoms with van der Waals surface area (Å²) in [6.45, 7) is 1.42. The summed E-state index contributed by atoms with van der Waals surface area (Å²) in [4.78, 5) is 8.75. The van der Waals surface area contributed by atoms with Gasteiger partial charge in [-0.15, -0.1) is 13.2 Å². The van der Waals surface area contributed by atoms with Crippen molar-refractivity contribution in [2.24, 2.45) is 10.7 Å². The summed E-state index contributed by atoms with van der Waals surface area (Å²) in [6, 6.07) is 16.7. The Bertz CT molecular complexity index is 1640. The van der Waals surface area contributed by atoms with Crippen LogP contribution in [0, 0.1) is 6.92 Å². The lowest BCUT2D eigenvalue weighted by atomic mass is 9.98. The highest BCUT2D eigenvalue weighted by atomic mass is 32.2. The predicted octanol–water partition coefficient (Wildman–Crippen LogP) is 7.10. The van der Waals surface area contributed by atoms with Crippen LogP contribution in [-0.2, 0) is 17.0 Å². The molecule has 0 saturated heterocycles. The Kier molecular flexibility index (Phi) is 8.38. The molecule has 0 radical (unpaired) electrons. The van der Waals surface area contributed by atoms with Crippen LogP contribution in [0.5, 0.6) is 5.75 Å². The van der Waals surface area contributed by atoms with Gasteiger partial charge in [0, 0.05) is 33.7 Å². The standard InChI is InChI=1S/C28H22F6N4O2S/c1-17-36-26(27(29,30)31)16-38(17)25-11-6-19(18-4-3-5-22(14-18)41(2)39)15-23(25)24(12-13-35)37-20-7-9-21(10-8-20)40-28(32,33)34/h3-16H,35H2,1-2H3. The van der Waals surface area contributed by atoms with E-state index in [2.05, 4.69) is 14.7 Å². The molecule has 0 fully saturated rings. The summed E-state index contributed by atoms with van der Waals surface area (Å²) in [7, 11) is -1.26. The van der Waals surface area contributed by atoms with E-state index in [0.717, 1.165) is 18.3 Å². The van der Waals surface area contributed by atoms with Crippen molar-refractivity contribution in [2.75, 3.05) is 6.26 Å². The Morgan fingerprint density at radius 2 is 1.68 bits per heavy atom. The average molecular weight is 593 g/mol. The third-order valence-electron chi connectivity index (χ3n) is 5.78. The van der Waals surface area contributed by atoms with Crippen molar-refractivity contribution in [2.45, 2.75) is 24.4 Å². The number of rotatable bonds is 7. The number of nitrogens with zero attached hydrogens (tertiary/aromatic N) is 3. The van der Waals surface area contributed by atoms with Gasteiger partial charge >= 0.3 is 12.5 Å². The summed E-state index contributed by atoms with van der Waals surface area (Å²) >= 11 is 0. The van der Waals surface area contributed by atoms with Gasteiger partial charge in [-0.3, -0.25) is 4.21 Å². The van der Waals surface area contributed by atoms with Crippen molar-refractivity contribution in [3.63, 3.8) is 0 Å². The molecule has 1 heterocycles. The van der Waals surface area contributed by atoms with Gasteiger partial charge in [0.25, 0.3) is 0 Å². The first-order valence-electron chi connectivity index (χ1n) is 11.8. The highest BCUT2D eigenvalue weighted by Gasteiger charge is 2.35. The Balaban J connectivity index is 1.91. The molecule has 1 aromatic heterocycles. The molecule has 1 atom stereocenters. The molecule has 0 amide bonds. The number of benzene rings is 3. The van der Waals surface area contributed by atoms with E-state index in [9.17, 15) is 30.6 Å². The summed E-state index contributed by atoms with van der Waals surface area (Å²) < 4.78 is 95.3. The van der Waals surface area contributed by atoms with Gasteiger partial charge in [-0.2, -0.15) is 13.2 Å². The lowest BCUT2D eigenvalue weighted by Gasteiger charge is -2.15. The second-order valence-electron chi connectivity index (χ2n) is 8.65. The average Bonchev–Trinajstić information content (AvgIpc) is 3.30. The Morgan fingerprint density at radius 3 is 2.27 bits per heavy atom. The number of hydrogen-bond donors (Lipinski definition) is 1. The molecule has 0 aliphatic carbocycles. The first-order chi connectivity index (χ1) is 19.2. The van der Waals surface area contributed by atoms with Gasteiger partial charge in [-0.05, 0) is 78.9 Å². The van der Waals surface area contributed by atoms with Gasteiger partial charge in [-0.1, -0.05) is 18.2 Å². The van der Waals surface area contributed by atoms with Crippen LogP contribution >= 0.6 is 0 Å². The molecule has 0 bridgehead atoms. The van der Waals surface area contributed by atoms with Crippen molar-refractivity contribution in [1.82, 2.24) is 9.55 Å². The number of halogens is 6. The SMILES string of the molecule is Cc1nc(C(F)(F)F)cn1-c1ccc(-c2cccc(S(C)=O)c2)cc1C(C=CN)=Nc1ccc(OC(F)(F)F)cc1. The molecule has 0 aliphatic heterocycles. The maximum atomic E-state index is 13.5. The fourth-order valence-corrected chi connectivity index (χ4v) is 4.54. The second-order valence-corrected chi connectivity index (χ2v) is 10.0. The van der Waals surface area contributed by atoms with E-state index in [1.165, 1.54) is 42.2 Å². The van der Waals surface area contributed by atoms with Gasteiger partial charge in [0.2, 0.25) is 0 Å². The van der Waals surface area contributed by atoms with Crippen molar-refractivity contribution < 1.29 is 35.3 Å².